The van der Waals surface area contributed by atoms with Crippen molar-refractivity contribution in [3.05, 3.63) is 71.0 Å². The number of unbranched alkanes of at least 4 members (excludes halogenated alkanes) is 1. The Labute approximate surface area is 228 Å². The normalized spacial score (nSPS) is 17.4. The molecule has 2 aromatic rings. The van der Waals surface area contributed by atoms with Crippen molar-refractivity contribution in [1.29, 1.82) is 0 Å². The molecular weight excluding hydrogens is 496 g/mol. The van der Waals surface area contributed by atoms with E-state index in [0.29, 0.717) is 43.5 Å². The molecule has 0 aliphatic heterocycles. The number of amides is 1. The summed E-state index contributed by atoms with van der Waals surface area (Å²) >= 11 is 0. The Morgan fingerprint density at radius 2 is 1.67 bits per heavy atom. The number of carbonyl (C=O) groups excluding carboxylic acids is 2. The molecule has 4 rings (SSSR count). The molecule has 0 aromatic heterocycles. The van der Waals surface area contributed by atoms with Crippen molar-refractivity contribution in [3.8, 4) is 11.1 Å². The van der Waals surface area contributed by atoms with E-state index in [1.807, 2.05) is 62.4 Å². The topological polar surface area (TPSA) is 125 Å². The largest absolute Gasteiger partial charge is 0.511 e. The first-order valence-electron chi connectivity index (χ1n) is 13.4. The molecule has 2 aliphatic rings. The van der Waals surface area contributed by atoms with Crippen molar-refractivity contribution in [1.82, 2.24) is 5.32 Å². The van der Waals surface area contributed by atoms with Crippen LogP contribution in [0.2, 0.25) is 0 Å². The average Bonchev–Trinajstić information content (AvgIpc) is 3.19. The summed E-state index contributed by atoms with van der Waals surface area (Å²) in [5.74, 6) is -1.27. The number of alkyl carbamates (subject to hydrolysis) is 1. The first kappa shape index (κ1) is 28.1. The third-order valence-corrected chi connectivity index (χ3v) is 7.40. The monoisotopic (exact) mass is 532 g/mol. The van der Waals surface area contributed by atoms with Gasteiger partial charge in [-0.05, 0) is 53.9 Å². The number of ether oxygens (including phenoxy) is 1. The second kappa shape index (κ2) is 11.8. The number of aliphatic carboxylic acids is 1. The van der Waals surface area contributed by atoms with E-state index >= 15 is 0 Å². The van der Waals surface area contributed by atoms with Gasteiger partial charge in [0, 0.05) is 31.0 Å². The van der Waals surface area contributed by atoms with Crippen LogP contribution in [0.15, 0.2) is 64.9 Å². The van der Waals surface area contributed by atoms with Gasteiger partial charge in [0.15, 0.2) is 5.78 Å². The van der Waals surface area contributed by atoms with Gasteiger partial charge in [0.2, 0.25) is 0 Å². The molecule has 206 valence electrons. The number of carbonyl (C=O) groups is 3. The number of aliphatic hydroxyl groups excluding tert-OH is 1. The van der Waals surface area contributed by atoms with Crippen molar-refractivity contribution in [3.63, 3.8) is 0 Å². The lowest BCUT2D eigenvalue weighted by molar-refractivity contribution is -0.139. The molecular formula is C31H36N2O6. The molecule has 0 spiro atoms. The fourth-order valence-electron chi connectivity index (χ4n) is 5.52. The van der Waals surface area contributed by atoms with Crippen LogP contribution in [0.4, 0.5) is 4.79 Å². The van der Waals surface area contributed by atoms with E-state index in [0.717, 1.165) is 22.3 Å². The zero-order chi connectivity index (χ0) is 28.2. The zero-order valence-electron chi connectivity index (χ0n) is 22.7. The maximum Gasteiger partial charge on any atom is 0.407 e. The lowest BCUT2D eigenvalue weighted by atomic mass is 9.76. The van der Waals surface area contributed by atoms with Gasteiger partial charge in [-0.2, -0.15) is 0 Å². The number of aliphatic imine (C=N–C) groups is 1. The Morgan fingerprint density at radius 3 is 2.26 bits per heavy atom. The van der Waals surface area contributed by atoms with Gasteiger partial charge < -0.3 is 20.3 Å². The second-order valence-electron chi connectivity index (χ2n) is 11.1. The smallest absolute Gasteiger partial charge is 0.407 e. The highest BCUT2D eigenvalue weighted by atomic mass is 16.5. The fourth-order valence-corrected chi connectivity index (χ4v) is 5.52. The lowest BCUT2D eigenvalue weighted by Crippen LogP contribution is -2.41. The predicted octanol–water partition coefficient (Wildman–Crippen LogP) is 5.81. The number of carboxylic acids is 1. The summed E-state index contributed by atoms with van der Waals surface area (Å²) in [6, 6.07) is 14.9. The number of hydrogen-bond acceptors (Lipinski definition) is 6. The number of aliphatic hydroxyl groups is 1. The number of rotatable bonds is 10. The van der Waals surface area contributed by atoms with Gasteiger partial charge in [0.25, 0.3) is 0 Å². The zero-order valence-corrected chi connectivity index (χ0v) is 22.7. The van der Waals surface area contributed by atoms with Crippen molar-refractivity contribution in [2.24, 2.45) is 10.4 Å². The molecule has 0 unspecified atom stereocenters. The summed E-state index contributed by atoms with van der Waals surface area (Å²) in [4.78, 5) is 41.2. The molecule has 0 heterocycles. The highest BCUT2D eigenvalue weighted by Crippen LogP contribution is 2.44. The molecule has 3 N–H and O–H groups in total. The quantitative estimate of drug-likeness (QED) is 0.262. The molecule has 2 aromatic carbocycles. The molecule has 1 amide bonds. The Morgan fingerprint density at radius 1 is 1.05 bits per heavy atom. The van der Waals surface area contributed by atoms with Gasteiger partial charge in [-0.1, -0.05) is 62.4 Å². The summed E-state index contributed by atoms with van der Waals surface area (Å²) < 4.78 is 5.49. The Hall–Kier alpha value is -3.94. The second-order valence-corrected chi connectivity index (χ2v) is 11.1. The van der Waals surface area contributed by atoms with Crippen molar-refractivity contribution >= 4 is 23.6 Å². The van der Waals surface area contributed by atoms with Crippen molar-refractivity contribution in [2.45, 2.75) is 64.8 Å². The number of nitrogens with zero attached hydrogens (tertiary/aromatic N) is 1. The van der Waals surface area contributed by atoms with Crippen LogP contribution in [0.25, 0.3) is 11.1 Å². The SMILES string of the molecule is CC(=NCCCC[C@@H](NC(=O)OCC1c2ccccc2-c2ccccc21)C(=O)O)C1=C(O)CC(C)(C)CC1=O. The number of ketones is 1. The summed E-state index contributed by atoms with van der Waals surface area (Å²) in [6.45, 7) is 6.09. The van der Waals surface area contributed by atoms with Gasteiger partial charge in [0.1, 0.15) is 18.4 Å². The van der Waals surface area contributed by atoms with E-state index in [4.69, 9.17) is 4.74 Å². The first-order chi connectivity index (χ1) is 18.6. The van der Waals surface area contributed by atoms with Crippen LogP contribution in [0.3, 0.4) is 0 Å². The molecule has 0 fully saturated rings. The maximum absolute atomic E-state index is 12.5. The summed E-state index contributed by atoms with van der Waals surface area (Å²) in [5, 5.41) is 22.4. The Balaban J connectivity index is 1.26. The van der Waals surface area contributed by atoms with E-state index in [9.17, 15) is 24.6 Å². The minimum absolute atomic E-state index is 0.0794. The van der Waals surface area contributed by atoms with Gasteiger partial charge in [-0.3, -0.25) is 9.79 Å². The summed E-state index contributed by atoms with van der Waals surface area (Å²) in [7, 11) is 0. The maximum atomic E-state index is 12.5. The minimum atomic E-state index is -1.13. The molecule has 8 nitrogen and oxygen atoms in total. The summed E-state index contributed by atoms with van der Waals surface area (Å²) in [6.07, 6.45) is 1.32. The average molecular weight is 533 g/mol. The number of fused-ring (bicyclic) bond motifs is 3. The van der Waals surface area contributed by atoms with Crippen LogP contribution in [0.5, 0.6) is 0 Å². The van der Waals surface area contributed by atoms with Crippen LogP contribution in [0, 0.1) is 5.41 Å². The standard InChI is InChI=1S/C31H36N2O6/c1-19(28-26(34)16-31(2,3)17-27(28)35)32-15-9-8-14-25(29(36)37)33-30(38)39-18-24-22-12-6-4-10-20(22)21-11-5-7-13-23(21)24/h4-7,10-13,24-25,34H,8-9,14-18H2,1-3H3,(H,33,38)(H,36,37)/t25-/m1/s1. The van der Waals surface area contributed by atoms with Crippen LogP contribution in [-0.2, 0) is 14.3 Å². The third-order valence-electron chi connectivity index (χ3n) is 7.40. The molecule has 0 saturated carbocycles. The van der Waals surface area contributed by atoms with E-state index in [-0.39, 0.29) is 35.9 Å². The molecule has 0 bridgehead atoms. The molecule has 0 radical (unpaired) electrons. The van der Waals surface area contributed by atoms with Gasteiger partial charge in [-0.15, -0.1) is 0 Å². The molecule has 0 saturated heterocycles. The van der Waals surface area contributed by atoms with Crippen molar-refractivity contribution < 1.29 is 29.3 Å². The summed E-state index contributed by atoms with van der Waals surface area (Å²) in [5.41, 5.74) is 4.93. The molecule has 1 atom stereocenters. The van der Waals surface area contributed by atoms with Gasteiger partial charge in [-0.25, -0.2) is 9.59 Å². The number of benzene rings is 2. The number of nitrogens with one attached hydrogen (secondary N) is 1. The number of carboxylic acid groups (broad SMARTS) is 1. The van der Waals surface area contributed by atoms with Crippen LogP contribution in [-0.4, -0.2) is 53.0 Å². The van der Waals surface area contributed by atoms with Crippen molar-refractivity contribution in [2.75, 3.05) is 13.2 Å². The Bertz CT molecular complexity index is 1280. The predicted molar refractivity (Wildman–Crippen MR) is 149 cm³/mol. The first-order valence-corrected chi connectivity index (χ1v) is 13.4. The number of hydrogen-bond donors (Lipinski definition) is 3. The van der Waals surface area contributed by atoms with Crippen LogP contribution < -0.4 is 5.32 Å². The third kappa shape index (κ3) is 6.56. The van der Waals surface area contributed by atoms with E-state index in [2.05, 4.69) is 10.3 Å². The van der Waals surface area contributed by atoms with Crippen LogP contribution in [0.1, 0.15) is 69.9 Å². The van der Waals surface area contributed by atoms with E-state index < -0.39 is 18.1 Å². The van der Waals surface area contributed by atoms with Gasteiger partial charge in [0.05, 0.1) is 5.57 Å². The van der Waals surface area contributed by atoms with E-state index in [1.165, 1.54) is 0 Å². The lowest BCUT2D eigenvalue weighted by Gasteiger charge is -2.29. The van der Waals surface area contributed by atoms with Gasteiger partial charge >= 0.3 is 12.1 Å². The fraction of sp³-hybridized carbons (Fsp3) is 0.419. The molecule has 8 heteroatoms. The Kier molecular flexibility index (Phi) is 8.53. The molecule has 39 heavy (non-hydrogen) atoms. The number of allylic oxidation sites excluding steroid dienone is 2. The molecule has 2 aliphatic carbocycles. The highest BCUT2D eigenvalue weighted by molar-refractivity contribution is 6.22. The van der Waals surface area contributed by atoms with Crippen LogP contribution >= 0.6 is 0 Å². The minimum Gasteiger partial charge on any atom is -0.511 e. The highest BCUT2D eigenvalue weighted by Gasteiger charge is 2.34. The number of Topliss-reactive ketones (excluding diaryl/α,β-unsaturated/α-hetero) is 1. The van der Waals surface area contributed by atoms with E-state index in [1.54, 1.807) is 6.92 Å².